The fourth-order valence-electron chi connectivity index (χ4n) is 1.07. The predicted molar refractivity (Wildman–Crippen MR) is 48.9 cm³/mol. The standard InChI is InChI=1S/C8H6N4O4/c13-7-2-1-5(8(14)15)10-12(7)3-6-9-4-16-11-6/h1-2,4H,3H2,(H,14,15). The molecule has 8 heteroatoms. The summed E-state index contributed by atoms with van der Waals surface area (Å²) in [6, 6.07) is 2.26. The van der Waals surface area contributed by atoms with Crippen LogP contribution < -0.4 is 5.56 Å². The van der Waals surface area contributed by atoms with E-state index in [1.165, 1.54) is 0 Å². The summed E-state index contributed by atoms with van der Waals surface area (Å²) >= 11 is 0. The summed E-state index contributed by atoms with van der Waals surface area (Å²) in [5.74, 6) is -0.959. The van der Waals surface area contributed by atoms with E-state index in [1.54, 1.807) is 0 Å². The number of rotatable bonds is 3. The number of nitrogens with zero attached hydrogens (tertiary/aromatic N) is 4. The molecule has 0 radical (unpaired) electrons. The van der Waals surface area contributed by atoms with Gasteiger partial charge in [0.15, 0.2) is 11.5 Å². The summed E-state index contributed by atoms with van der Waals surface area (Å²) in [6.45, 7) is -0.0313. The Bertz CT molecular complexity index is 560. The SMILES string of the molecule is O=C(O)c1ccc(=O)n(Cc2ncon2)n1. The van der Waals surface area contributed by atoms with Crippen LogP contribution in [0.25, 0.3) is 0 Å². The lowest BCUT2D eigenvalue weighted by Gasteiger charge is -2.01. The van der Waals surface area contributed by atoms with Crippen molar-refractivity contribution in [1.82, 2.24) is 19.9 Å². The minimum atomic E-state index is -1.21. The zero-order chi connectivity index (χ0) is 11.5. The number of carboxylic acid groups (broad SMARTS) is 1. The van der Waals surface area contributed by atoms with Crippen LogP contribution in [0.15, 0.2) is 27.8 Å². The molecule has 82 valence electrons. The lowest BCUT2D eigenvalue weighted by molar-refractivity contribution is 0.0687. The molecule has 0 aliphatic carbocycles. The maximum Gasteiger partial charge on any atom is 0.356 e. The highest BCUT2D eigenvalue weighted by molar-refractivity contribution is 5.84. The molecule has 0 aliphatic rings. The average molecular weight is 222 g/mol. The van der Waals surface area contributed by atoms with Crippen LogP contribution in [0, 0.1) is 0 Å². The highest BCUT2D eigenvalue weighted by Crippen LogP contribution is 1.93. The highest BCUT2D eigenvalue weighted by atomic mass is 16.5. The van der Waals surface area contributed by atoms with Gasteiger partial charge in [0.1, 0.15) is 6.54 Å². The van der Waals surface area contributed by atoms with Gasteiger partial charge in [-0.2, -0.15) is 10.1 Å². The smallest absolute Gasteiger partial charge is 0.356 e. The predicted octanol–water partition coefficient (Wildman–Crippen LogP) is -0.627. The minimum Gasteiger partial charge on any atom is -0.476 e. The van der Waals surface area contributed by atoms with E-state index in [9.17, 15) is 9.59 Å². The summed E-state index contributed by atoms with van der Waals surface area (Å²) in [7, 11) is 0. The number of hydrogen-bond acceptors (Lipinski definition) is 6. The number of carboxylic acids is 1. The number of hydrogen-bond donors (Lipinski definition) is 1. The summed E-state index contributed by atoms with van der Waals surface area (Å²) in [5.41, 5.74) is -0.655. The first-order valence-electron chi connectivity index (χ1n) is 4.23. The Kier molecular flexibility index (Phi) is 2.46. The van der Waals surface area contributed by atoms with Crippen LogP contribution in [0.3, 0.4) is 0 Å². The molecule has 8 nitrogen and oxygen atoms in total. The molecule has 0 fully saturated rings. The van der Waals surface area contributed by atoms with Crippen molar-refractivity contribution in [3.63, 3.8) is 0 Å². The van der Waals surface area contributed by atoms with E-state index in [4.69, 9.17) is 5.11 Å². The quantitative estimate of drug-likeness (QED) is 0.735. The van der Waals surface area contributed by atoms with Gasteiger partial charge in [-0.1, -0.05) is 5.16 Å². The van der Waals surface area contributed by atoms with Gasteiger partial charge in [0, 0.05) is 6.07 Å². The first-order valence-corrected chi connectivity index (χ1v) is 4.23. The van der Waals surface area contributed by atoms with Crippen molar-refractivity contribution in [2.45, 2.75) is 6.54 Å². The van der Waals surface area contributed by atoms with Gasteiger partial charge in [0.25, 0.3) is 5.56 Å². The van der Waals surface area contributed by atoms with Crippen LogP contribution in [0.5, 0.6) is 0 Å². The van der Waals surface area contributed by atoms with E-state index in [-0.39, 0.29) is 18.1 Å². The first-order chi connectivity index (χ1) is 7.66. The van der Waals surface area contributed by atoms with Gasteiger partial charge in [-0.25, -0.2) is 9.48 Å². The van der Waals surface area contributed by atoms with Crippen molar-refractivity contribution in [3.05, 3.63) is 40.4 Å². The molecule has 0 saturated carbocycles. The molecule has 0 atom stereocenters. The van der Waals surface area contributed by atoms with Crippen LogP contribution in [0.2, 0.25) is 0 Å². The Balaban J connectivity index is 2.36. The van der Waals surface area contributed by atoms with E-state index in [1.807, 2.05) is 0 Å². The second kappa shape index (κ2) is 3.93. The molecule has 0 aromatic carbocycles. The van der Waals surface area contributed by atoms with Gasteiger partial charge in [-0.15, -0.1) is 0 Å². The second-order valence-corrected chi connectivity index (χ2v) is 2.87. The van der Waals surface area contributed by atoms with Gasteiger partial charge >= 0.3 is 5.97 Å². The molecule has 0 amide bonds. The van der Waals surface area contributed by atoms with E-state index in [2.05, 4.69) is 19.8 Å². The molecular formula is C8H6N4O4. The Morgan fingerprint density at radius 2 is 2.31 bits per heavy atom. The van der Waals surface area contributed by atoms with Crippen LogP contribution in [0.1, 0.15) is 16.3 Å². The molecule has 1 N–H and O–H groups in total. The average Bonchev–Trinajstić information content (AvgIpc) is 2.73. The molecule has 0 unspecified atom stereocenters. The lowest BCUT2D eigenvalue weighted by atomic mass is 10.4. The highest BCUT2D eigenvalue weighted by Gasteiger charge is 2.09. The minimum absolute atomic E-state index is 0.0313. The number of aromatic carboxylic acids is 1. The van der Waals surface area contributed by atoms with Crippen molar-refractivity contribution in [1.29, 1.82) is 0 Å². The fourth-order valence-corrected chi connectivity index (χ4v) is 1.07. The molecule has 2 rings (SSSR count). The normalized spacial score (nSPS) is 10.2. The number of carbonyl (C=O) groups is 1. The summed E-state index contributed by atoms with van der Waals surface area (Å²) in [4.78, 5) is 25.7. The van der Waals surface area contributed by atoms with Gasteiger partial charge in [-0.05, 0) is 6.07 Å². The molecule has 0 bridgehead atoms. The lowest BCUT2D eigenvalue weighted by Crippen LogP contribution is -2.25. The molecule has 0 saturated heterocycles. The maximum absolute atomic E-state index is 11.3. The van der Waals surface area contributed by atoms with Crippen molar-refractivity contribution in [2.75, 3.05) is 0 Å². The molecule has 0 aliphatic heterocycles. The Labute approximate surface area is 88.1 Å². The molecule has 0 spiro atoms. The van der Waals surface area contributed by atoms with Crippen molar-refractivity contribution < 1.29 is 14.4 Å². The fraction of sp³-hybridized carbons (Fsp3) is 0.125. The van der Waals surface area contributed by atoms with Crippen LogP contribution in [-0.2, 0) is 6.54 Å². The number of aromatic nitrogens is 4. The van der Waals surface area contributed by atoms with Gasteiger partial charge in [0.2, 0.25) is 6.39 Å². The van der Waals surface area contributed by atoms with Crippen molar-refractivity contribution >= 4 is 5.97 Å². The third kappa shape index (κ3) is 1.95. The van der Waals surface area contributed by atoms with E-state index < -0.39 is 11.5 Å². The van der Waals surface area contributed by atoms with Crippen molar-refractivity contribution in [3.8, 4) is 0 Å². The van der Waals surface area contributed by atoms with Gasteiger partial charge < -0.3 is 9.63 Å². The molecule has 2 heterocycles. The largest absolute Gasteiger partial charge is 0.476 e. The Morgan fingerprint density at radius 3 is 2.94 bits per heavy atom. The summed E-state index contributed by atoms with van der Waals surface area (Å²) in [6.07, 6.45) is 1.11. The second-order valence-electron chi connectivity index (χ2n) is 2.87. The zero-order valence-corrected chi connectivity index (χ0v) is 7.90. The van der Waals surface area contributed by atoms with Gasteiger partial charge in [-0.3, -0.25) is 4.79 Å². The Morgan fingerprint density at radius 1 is 1.50 bits per heavy atom. The van der Waals surface area contributed by atoms with Crippen molar-refractivity contribution in [2.24, 2.45) is 0 Å². The molecule has 2 aromatic rings. The van der Waals surface area contributed by atoms with E-state index in [0.29, 0.717) is 0 Å². The summed E-state index contributed by atoms with van der Waals surface area (Å²) < 4.78 is 5.44. The third-order valence-electron chi connectivity index (χ3n) is 1.78. The van der Waals surface area contributed by atoms with Crippen LogP contribution >= 0.6 is 0 Å². The monoisotopic (exact) mass is 222 g/mol. The zero-order valence-electron chi connectivity index (χ0n) is 7.90. The Hall–Kier alpha value is -2.51. The van der Waals surface area contributed by atoms with Crippen LogP contribution in [0.4, 0.5) is 0 Å². The maximum atomic E-state index is 11.3. The van der Waals surface area contributed by atoms with E-state index in [0.717, 1.165) is 23.2 Å². The molecule has 2 aromatic heterocycles. The van der Waals surface area contributed by atoms with E-state index >= 15 is 0 Å². The van der Waals surface area contributed by atoms with Crippen LogP contribution in [-0.4, -0.2) is 31.0 Å². The molecule has 16 heavy (non-hydrogen) atoms. The summed E-state index contributed by atoms with van der Waals surface area (Å²) in [5, 5.41) is 15.8. The third-order valence-corrected chi connectivity index (χ3v) is 1.78. The first kappa shape index (κ1) is 10.0. The molecular weight excluding hydrogens is 216 g/mol. The van der Waals surface area contributed by atoms with Gasteiger partial charge in [0.05, 0.1) is 0 Å². The topological polar surface area (TPSA) is 111 Å².